The summed E-state index contributed by atoms with van der Waals surface area (Å²) in [5.41, 5.74) is 10.2. The molecule has 9 heteroatoms. The molecule has 0 saturated carbocycles. The molecule has 0 fully saturated rings. The second-order valence-corrected chi connectivity index (χ2v) is 10.2. The van der Waals surface area contributed by atoms with Gasteiger partial charge in [0.2, 0.25) is 5.88 Å². The van der Waals surface area contributed by atoms with E-state index in [1.165, 1.54) is 6.07 Å². The third-order valence-corrected chi connectivity index (χ3v) is 6.92. The van der Waals surface area contributed by atoms with Crippen LogP contribution in [-0.2, 0) is 11.4 Å². The zero-order valence-corrected chi connectivity index (χ0v) is 24.6. The lowest BCUT2D eigenvalue weighted by molar-refractivity contribution is -0.136. The van der Waals surface area contributed by atoms with E-state index in [9.17, 15) is 14.4 Å². The highest BCUT2D eigenvalue weighted by Gasteiger charge is 2.32. The molecule has 0 aromatic heterocycles. The number of nitrogens with zero attached hydrogens (tertiary/aromatic N) is 1. The third kappa shape index (κ3) is 6.76. The number of halogens is 1. The first-order valence-electron chi connectivity index (χ1n) is 14.0. The van der Waals surface area contributed by atoms with E-state index in [1.807, 2.05) is 39.0 Å². The highest BCUT2D eigenvalue weighted by Crippen LogP contribution is 2.45. The van der Waals surface area contributed by atoms with Gasteiger partial charge in [0.15, 0.2) is 18.1 Å². The minimum Gasteiger partial charge on any atom is -0.490 e. The van der Waals surface area contributed by atoms with Gasteiger partial charge in [0.25, 0.3) is 0 Å². The molecule has 2 N–H and O–H groups in total. The van der Waals surface area contributed by atoms with Crippen molar-refractivity contribution in [3.05, 3.63) is 124 Å². The van der Waals surface area contributed by atoms with E-state index in [0.717, 1.165) is 11.1 Å². The van der Waals surface area contributed by atoms with Gasteiger partial charge >= 0.3 is 5.97 Å². The quantitative estimate of drug-likeness (QED) is 0.161. The third-order valence-electron chi connectivity index (χ3n) is 6.92. The van der Waals surface area contributed by atoms with Crippen LogP contribution in [0.1, 0.15) is 40.7 Å². The Labute approximate surface area is 255 Å². The van der Waals surface area contributed by atoms with Crippen molar-refractivity contribution in [1.82, 2.24) is 0 Å². The van der Waals surface area contributed by atoms with Crippen LogP contribution in [0.25, 0.3) is 0 Å². The number of fused-ring (bicyclic) bond motifs is 1. The number of aryl methyl sites for hydroxylation is 2. The molecule has 1 unspecified atom stereocenters. The van der Waals surface area contributed by atoms with Crippen LogP contribution in [0.3, 0.4) is 0 Å². The summed E-state index contributed by atoms with van der Waals surface area (Å²) in [6, 6.07) is 24.4. The number of hydrogen-bond donors (Lipinski definition) is 1. The summed E-state index contributed by atoms with van der Waals surface area (Å²) in [5.74, 6) is 0.385. The molecule has 0 spiro atoms. The maximum Gasteiger partial charge on any atom is 0.349 e. The molecule has 5 rings (SSSR count). The molecular formula is C35H31FN2O6. The molecule has 1 heterocycles. The van der Waals surface area contributed by atoms with E-state index in [2.05, 4.69) is 6.07 Å². The average Bonchev–Trinajstić information content (AvgIpc) is 2.99. The number of nitriles is 1. The summed E-state index contributed by atoms with van der Waals surface area (Å²) >= 11 is 0. The Morgan fingerprint density at radius 2 is 1.70 bits per heavy atom. The van der Waals surface area contributed by atoms with Gasteiger partial charge in [-0.3, -0.25) is 0 Å². The van der Waals surface area contributed by atoms with Crippen LogP contribution < -0.4 is 29.4 Å². The molecular weight excluding hydrogens is 563 g/mol. The fourth-order valence-corrected chi connectivity index (χ4v) is 5.02. The first kappa shape index (κ1) is 30.0. The molecule has 0 bridgehead atoms. The van der Waals surface area contributed by atoms with Gasteiger partial charge in [0.1, 0.15) is 41.3 Å². The number of nitrogens with two attached hydrogens (primary N) is 1. The molecule has 1 aliphatic rings. The first-order valence-corrected chi connectivity index (χ1v) is 14.0. The number of ether oxygens (including phenoxy) is 5. The van der Waals surface area contributed by atoms with Crippen molar-refractivity contribution in [3.8, 4) is 34.8 Å². The van der Waals surface area contributed by atoms with Crippen LogP contribution in [0.2, 0.25) is 0 Å². The van der Waals surface area contributed by atoms with Crippen molar-refractivity contribution in [2.24, 2.45) is 5.73 Å². The number of carbonyl (C=O) groups is 1. The Kier molecular flexibility index (Phi) is 9.01. The monoisotopic (exact) mass is 594 g/mol. The number of hydrogen-bond acceptors (Lipinski definition) is 8. The fraction of sp³-hybridized carbons (Fsp3) is 0.200. The summed E-state index contributed by atoms with van der Waals surface area (Å²) in [6.45, 7) is 5.82. The largest absolute Gasteiger partial charge is 0.490 e. The van der Waals surface area contributed by atoms with Crippen LogP contribution in [-0.4, -0.2) is 19.2 Å². The molecule has 44 heavy (non-hydrogen) atoms. The standard InChI is InChI=1S/C35H31FN2O6/c1-4-40-32-16-23(9-12-30(32)42-19-24-7-5-6-8-29(24)36)34-27-11-10-25(17-31(27)44-35(38)28(34)18-37)43-33(39)20-41-26-14-21(2)13-22(3)15-26/h5-17,34H,4,19-20,38H2,1-3H3. The maximum atomic E-state index is 14.1. The van der Waals surface area contributed by atoms with E-state index in [0.29, 0.717) is 46.3 Å². The number of allylic oxidation sites excluding steroid dienone is 1. The first-order chi connectivity index (χ1) is 21.2. The Hall–Kier alpha value is -5.49. The van der Waals surface area contributed by atoms with Crippen molar-refractivity contribution < 1.29 is 32.9 Å². The van der Waals surface area contributed by atoms with Gasteiger partial charge in [-0.05, 0) is 73.9 Å². The zero-order valence-electron chi connectivity index (χ0n) is 24.6. The van der Waals surface area contributed by atoms with E-state index in [-0.39, 0.29) is 36.2 Å². The highest BCUT2D eigenvalue weighted by molar-refractivity contribution is 5.74. The summed E-state index contributed by atoms with van der Waals surface area (Å²) in [5, 5.41) is 10.0. The molecule has 1 aliphatic heterocycles. The van der Waals surface area contributed by atoms with Crippen molar-refractivity contribution in [2.45, 2.75) is 33.3 Å². The summed E-state index contributed by atoms with van der Waals surface area (Å²) < 4.78 is 42.8. The molecule has 1 atom stereocenters. The highest BCUT2D eigenvalue weighted by atomic mass is 19.1. The topological polar surface area (TPSA) is 113 Å². The van der Waals surface area contributed by atoms with Gasteiger partial charge in [0.05, 0.1) is 12.5 Å². The number of carbonyl (C=O) groups excluding carboxylic acids is 1. The molecule has 0 radical (unpaired) electrons. The minimum absolute atomic E-state index is 0.0136. The predicted octanol–water partition coefficient (Wildman–Crippen LogP) is 6.62. The smallest absolute Gasteiger partial charge is 0.349 e. The Balaban J connectivity index is 1.37. The molecule has 224 valence electrons. The predicted molar refractivity (Wildman–Crippen MR) is 161 cm³/mol. The summed E-state index contributed by atoms with van der Waals surface area (Å²) in [6.07, 6.45) is 0. The van der Waals surface area contributed by atoms with Crippen LogP contribution >= 0.6 is 0 Å². The minimum atomic E-state index is -0.596. The molecule has 0 aliphatic carbocycles. The zero-order chi connectivity index (χ0) is 31.2. The van der Waals surface area contributed by atoms with E-state index >= 15 is 0 Å². The molecule has 8 nitrogen and oxygen atoms in total. The fourth-order valence-electron chi connectivity index (χ4n) is 5.02. The van der Waals surface area contributed by atoms with Gasteiger partial charge in [-0.25, -0.2) is 9.18 Å². The van der Waals surface area contributed by atoms with Gasteiger partial charge in [-0.2, -0.15) is 5.26 Å². The van der Waals surface area contributed by atoms with Crippen molar-refractivity contribution in [2.75, 3.05) is 13.2 Å². The SMILES string of the molecule is CCOc1cc(C2C(C#N)=C(N)Oc3cc(OC(=O)COc4cc(C)cc(C)c4)ccc32)ccc1OCc1ccccc1F. The van der Waals surface area contributed by atoms with Crippen molar-refractivity contribution >= 4 is 5.97 Å². The van der Waals surface area contributed by atoms with Crippen LogP contribution in [0.4, 0.5) is 4.39 Å². The van der Waals surface area contributed by atoms with Crippen LogP contribution in [0.15, 0.2) is 90.3 Å². The molecule has 4 aromatic carbocycles. The number of rotatable bonds is 10. The lowest BCUT2D eigenvalue weighted by atomic mass is 9.83. The van der Waals surface area contributed by atoms with Crippen molar-refractivity contribution in [3.63, 3.8) is 0 Å². The average molecular weight is 595 g/mol. The van der Waals surface area contributed by atoms with Gasteiger partial charge in [0, 0.05) is 17.2 Å². The summed E-state index contributed by atoms with van der Waals surface area (Å²) in [7, 11) is 0. The Bertz CT molecular complexity index is 1760. The normalized spacial score (nSPS) is 13.8. The maximum absolute atomic E-state index is 14.1. The second kappa shape index (κ2) is 13.2. The van der Waals surface area contributed by atoms with Crippen LogP contribution in [0, 0.1) is 31.0 Å². The van der Waals surface area contributed by atoms with Crippen LogP contribution in [0.5, 0.6) is 28.7 Å². The lowest BCUT2D eigenvalue weighted by Crippen LogP contribution is -2.22. The van der Waals surface area contributed by atoms with E-state index in [4.69, 9.17) is 29.4 Å². The molecule has 0 amide bonds. The number of esters is 1. The number of benzene rings is 4. The van der Waals surface area contributed by atoms with E-state index < -0.39 is 11.9 Å². The second-order valence-electron chi connectivity index (χ2n) is 10.2. The Morgan fingerprint density at radius 1 is 0.932 bits per heavy atom. The Morgan fingerprint density at radius 3 is 2.43 bits per heavy atom. The lowest BCUT2D eigenvalue weighted by Gasteiger charge is -2.27. The van der Waals surface area contributed by atoms with Crippen molar-refractivity contribution in [1.29, 1.82) is 5.26 Å². The van der Waals surface area contributed by atoms with Gasteiger partial charge in [-0.1, -0.05) is 36.4 Å². The summed E-state index contributed by atoms with van der Waals surface area (Å²) in [4.78, 5) is 12.6. The molecule has 4 aromatic rings. The molecule has 0 saturated heterocycles. The van der Waals surface area contributed by atoms with Gasteiger partial charge < -0.3 is 29.4 Å². The van der Waals surface area contributed by atoms with Gasteiger partial charge in [-0.15, -0.1) is 0 Å². The van der Waals surface area contributed by atoms with E-state index in [1.54, 1.807) is 54.6 Å².